The molecule has 2 aromatic rings. The first kappa shape index (κ1) is 14.0. The lowest BCUT2D eigenvalue weighted by Gasteiger charge is -2.21. The number of hydrogen-bond acceptors (Lipinski definition) is 4. The third-order valence-corrected chi connectivity index (χ3v) is 3.76. The number of benzene rings is 2. The molecule has 1 aliphatic heterocycles. The third kappa shape index (κ3) is 1.98. The standard InChI is InChI=1S/C17H13NO4/c1-10(15(20)13-8-4-5-9-14(13)19)18-16(21)11-6-2-3-7-12(11)17(18)22/h2-10,19H,1H3. The molecule has 0 bridgehead atoms. The van der Waals surface area contributed by atoms with Crippen LogP contribution in [0.1, 0.15) is 38.0 Å². The molecule has 0 saturated heterocycles. The molecular weight excluding hydrogens is 282 g/mol. The van der Waals surface area contributed by atoms with Crippen LogP contribution in [-0.4, -0.2) is 33.6 Å². The molecule has 1 unspecified atom stereocenters. The highest BCUT2D eigenvalue weighted by atomic mass is 16.3. The lowest BCUT2D eigenvalue weighted by molar-refractivity contribution is 0.0554. The summed E-state index contributed by atoms with van der Waals surface area (Å²) >= 11 is 0. The Hall–Kier alpha value is -2.95. The van der Waals surface area contributed by atoms with Gasteiger partial charge in [-0.15, -0.1) is 0 Å². The lowest BCUT2D eigenvalue weighted by atomic mass is 10.0. The Morgan fingerprint density at radius 1 is 0.955 bits per heavy atom. The number of hydrogen-bond donors (Lipinski definition) is 1. The molecule has 0 aliphatic carbocycles. The number of phenolic OH excluding ortho intramolecular Hbond substituents is 1. The van der Waals surface area contributed by atoms with Gasteiger partial charge in [-0.1, -0.05) is 24.3 Å². The fourth-order valence-electron chi connectivity index (χ4n) is 2.58. The van der Waals surface area contributed by atoms with Crippen LogP contribution in [0, 0.1) is 0 Å². The molecule has 2 aromatic carbocycles. The number of ketones is 1. The van der Waals surface area contributed by atoms with Gasteiger partial charge in [0.15, 0.2) is 5.78 Å². The summed E-state index contributed by atoms with van der Waals surface area (Å²) in [7, 11) is 0. The van der Waals surface area contributed by atoms with Crippen LogP contribution in [0.25, 0.3) is 0 Å². The second-order valence-corrected chi connectivity index (χ2v) is 5.08. The van der Waals surface area contributed by atoms with Gasteiger partial charge < -0.3 is 5.11 Å². The van der Waals surface area contributed by atoms with E-state index in [1.807, 2.05) is 0 Å². The smallest absolute Gasteiger partial charge is 0.262 e. The van der Waals surface area contributed by atoms with Crippen molar-refractivity contribution >= 4 is 17.6 Å². The summed E-state index contributed by atoms with van der Waals surface area (Å²) < 4.78 is 0. The summed E-state index contributed by atoms with van der Waals surface area (Å²) in [5, 5.41) is 9.77. The van der Waals surface area contributed by atoms with Crippen LogP contribution in [0.5, 0.6) is 5.75 Å². The van der Waals surface area contributed by atoms with Crippen molar-refractivity contribution in [2.75, 3.05) is 0 Å². The number of para-hydroxylation sites is 1. The van der Waals surface area contributed by atoms with Crippen molar-refractivity contribution in [2.45, 2.75) is 13.0 Å². The Kier molecular flexibility index (Phi) is 3.25. The molecule has 2 amide bonds. The van der Waals surface area contributed by atoms with Crippen molar-refractivity contribution in [3.8, 4) is 5.75 Å². The molecular formula is C17H13NO4. The average molecular weight is 295 g/mol. The van der Waals surface area contributed by atoms with E-state index in [2.05, 4.69) is 0 Å². The number of amides is 2. The van der Waals surface area contributed by atoms with Crippen LogP contribution in [-0.2, 0) is 0 Å². The molecule has 1 heterocycles. The Morgan fingerprint density at radius 2 is 1.45 bits per heavy atom. The van der Waals surface area contributed by atoms with Gasteiger partial charge >= 0.3 is 0 Å². The van der Waals surface area contributed by atoms with Gasteiger partial charge in [0.25, 0.3) is 11.8 Å². The normalized spacial score (nSPS) is 14.9. The van der Waals surface area contributed by atoms with Crippen molar-refractivity contribution in [2.24, 2.45) is 0 Å². The highest BCUT2D eigenvalue weighted by molar-refractivity contribution is 6.23. The first-order valence-corrected chi connectivity index (χ1v) is 6.81. The molecule has 0 saturated carbocycles. The van der Waals surface area contributed by atoms with Gasteiger partial charge in [0, 0.05) is 0 Å². The fraction of sp³-hybridized carbons (Fsp3) is 0.118. The Morgan fingerprint density at radius 3 is 2.00 bits per heavy atom. The fourth-order valence-corrected chi connectivity index (χ4v) is 2.58. The molecule has 0 spiro atoms. The van der Waals surface area contributed by atoms with Gasteiger partial charge in [0.05, 0.1) is 16.7 Å². The molecule has 3 rings (SSSR count). The minimum Gasteiger partial charge on any atom is -0.507 e. The Bertz CT molecular complexity index is 762. The van der Waals surface area contributed by atoms with E-state index in [0.717, 1.165) is 4.90 Å². The van der Waals surface area contributed by atoms with Gasteiger partial charge in [-0.3, -0.25) is 19.3 Å². The Labute approximate surface area is 126 Å². The highest BCUT2D eigenvalue weighted by Crippen LogP contribution is 2.27. The molecule has 1 N–H and O–H groups in total. The van der Waals surface area contributed by atoms with Gasteiger partial charge in [-0.25, -0.2) is 0 Å². The van der Waals surface area contributed by atoms with Crippen LogP contribution in [0.3, 0.4) is 0 Å². The van der Waals surface area contributed by atoms with Crippen LogP contribution in [0.15, 0.2) is 48.5 Å². The number of rotatable bonds is 3. The number of phenols is 1. The van der Waals surface area contributed by atoms with E-state index in [1.54, 1.807) is 36.4 Å². The molecule has 5 heteroatoms. The van der Waals surface area contributed by atoms with Gasteiger partial charge in [-0.05, 0) is 31.2 Å². The van der Waals surface area contributed by atoms with Crippen molar-refractivity contribution in [1.82, 2.24) is 4.90 Å². The zero-order valence-corrected chi connectivity index (χ0v) is 11.8. The molecule has 22 heavy (non-hydrogen) atoms. The molecule has 1 aliphatic rings. The van der Waals surface area contributed by atoms with Gasteiger partial charge in [0.1, 0.15) is 11.8 Å². The maximum atomic E-state index is 12.5. The van der Waals surface area contributed by atoms with E-state index >= 15 is 0 Å². The monoisotopic (exact) mass is 295 g/mol. The SMILES string of the molecule is CC(C(=O)c1ccccc1O)N1C(=O)c2ccccc2C1=O. The molecule has 5 nitrogen and oxygen atoms in total. The quantitative estimate of drug-likeness (QED) is 0.696. The van der Waals surface area contributed by atoms with Crippen molar-refractivity contribution in [3.05, 3.63) is 65.2 Å². The van der Waals surface area contributed by atoms with Crippen LogP contribution in [0.2, 0.25) is 0 Å². The van der Waals surface area contributed by atoms with E-state index in [4.69, 9.17) is 0 Å². The molecule has 0 aromatic heterocycles. The first-order chi connectivity index (χ1) is 10.5. The van der Waals surface area contributed by atoms with Gasteiger partial charge in [0.2, 0.25) is 0 Å². The number of fused-ring (bicyclic) bond motifs is 1. The predicted molar refractivity (Wildman–Crippen MR) is 78.8 cm³/mol. The summed E-state index contributed by atoms with van der Waals surface area (Å²) in [5.74, 6) is -1.63. The zero-order chi connectivity index (χ0) is 15.9. The van der Waals surface area contributed by atoms with Crippen LogP contribution >= 0.6 is 0 Å². The lowest BCUT2D eigenvalue weighted by Crippen LogP contribution is -2.42. The van der Waals surface area contributed by atoms with E-state index in [9.17, 15) is 19.5 Å². The van der Waals surface area contributed by atoms with Gasteiger partial charge in [-0.2, -0.15) is 0 Å². The highest BCUT2D eigenvalue weighted by Gasteiger charge is 2.41. The van der Waals surface area contributed by atoms with Crippen molar-refractivity contribution < 1.29 is 19.5 Å². The molecule has 1 atom stereocenters. The van der Waals surface area contributed by atoms with E-state index in [1.165, 1.54) is 19.1 Å². The third-order valence-electron chi connectivity index (χ3n) is 3.76. The summed E-state index contributed by atoms with van der Waals surface area (Å²) in [6.45, 7) is 1.48. The number of carbonyl (C=O) groups is 3. The van der Waals surface area contributed by atoms with Crippen molar-refractivity contribution in [3.63, 3.8) is 0 Å². The predicted octanol–water partition coefficient (Wildman–Crippen LogP) is 2.26. The zero-order valence-electron chi connectivity index (χ0n) is 11.8. The summed E-state index contributed by atoms with van der Waals surface area (Å²) in [6.07, 6.45) is 0. The van der Waals surface area contributed by atoms with Crippen LogP contribution < -0.4 is 0 Å². The topological polar surface area (TPSA) is 74.7 Å². The summed E-state index contributed by atoms with van der Waals surface area (Å²) in [5.41, 5.74) is 0.681. The van der Waals surface area contributed by atoms with E-state index < -0.39 is 23.6 Å². The Balaban J connectivity index is 1.96. The number of aromatic hydroxyl groups is 1. The first-order valence-electron chi connectivity index (χ1n) is 6.81. The minimum atomic E-state index is -0.985. The largest absolute Gasteiger partial charge is 0.507 e. The molecule has 0 radical (unpaired) electrons. The number of imide groups is 1. The average Bonchev–Trinajstić information content (AvgIpc) is 2.78. The number of carbonyl (C=O) groups excluding carboxylic acids is 3. The maximum Gasteiger partial charge on any atom is 0.262 e. The molecule has 0 fully saturated rings. The van der Waals surface area contributed by atoms with E-state index in [0.29, 0.717) is 11.1 Å². The summed E-state index contributed by atoms with van der Waals surface area (Å²) in [6, 6.07) is 11.5. The van der Waals surface area contributed by atoms with Crippen molar-refractivity contribution in [1.29, 1.82) is 0 Å². The second-order valence-electron chi connectivity index (χ2n) is 5.08. The van der Waals surface area contributed by atoms with Crippen LogP contribution in [0.4, 0.5) is 0 Å². The summed E-state index contributed by atoms with van der Waals surface area (Å²) in [4.78, 5) is 38.2. The maximum absolute atomic E-state index is 12.5. The minimum absolute atomic E-state index is 0.0894. The number of Topliss-reactive ketones (excluding diaryl/α,β-unsaturated/α-hetero) is 1. The second kappa shape index (κ2) is 5.11. The molecule has 110 valence electrons. The van der Waals surface area contributed by atoms with E-state index in [-0.39, 0.29) is 11.3 Å². The number of nitrogens with zero attached hydrogens (tertiary/aromatic N) is 1.